The zero-order chi connectivity index (χ0) is 15.1. The number of para-hydroxylation sites is 1. The molecule has 0 fully saturated rings. The van der Waals surface area contributed by atoms with Crippen molar-refractivity contribution in [1.82, 2.24) is 0 Å². The first-order valence-electron chi connectivity index (χ1n) is 6.86. The van der Waals surface area contributed by atoms with E-state index in [-0.39, 0.29) is 6.10 Å². The highest BCUT2D eigenvalue weighted by molar-refractivity contribution is 5.35. The zero-order valence-corrected chi connectivity index (χ0v) is 12.4. The van der Waals surface area contributed by atoms with Gasteiger partial charge in [-0.15, -0.1) is 0 Å². The highest BCUT2D eigenvalue weighted by Crippen LogP contribution is 2.27. The highest BCUT2D eigenvalue weighted by Gasteiger charge is 2.15. The molecule has 0 amide bonds. The minimum Gasteiger partial charge on any atom is -0.497 e. The number of benzene rings is 2. The number of ether oxygens (including phenoxy) is 3. The maximum atomic E-state index is 5.94. The summed E-state index contributed by atoms with van der Waals surface area (Å²) < 4.78 is 16.5. The Labute approximate surface area is 125 Å². The summed E-state index contributed by atoms with van der Waals surface area (Å²) in [5.74, 6) is 1.61. The van der Waals surface area contributed by atoms with Gasteiger partial charge in [-0.2, -0.15) is 0 Å². The van der Waals surface area contributed by atoms with Crippen LogP contribution < -0.4 is 15.2 Å². The molecule has 0 spiro atoms. The van der Waals surface area contributed by atoms with Crippen molar-refractivity contribution >= 4 is 0 Å². The SMILES string of the molecule is COc1cccc(COC(CN)c2ccccc2OC)c1. The molecule has 112 valence electrons. The van der Waals surface area contributed by atoms with Gasteiger partial charge in [-0.1, -0.05) is 30.3 Å². The van der Waals surface area contributed by atoms with Gasteiger partial charge in [0.25, 0.3) is 0 Å². The minimum absolute atomic E-state index is 0.202. The lowest BCUT2D eigenvalue weighted by Crippen LogP contribution is -2.16. The lowest BCUT2D eigenvalue weighted by atomic mass is 10.1. The molecule has 0 saturated carbocycles. The molecule has 0 heterocycles. The summed E-state index contributed by atoms with van der Waals surface area (Å²) in [5, 5.41) is 0. The average Bonchev–Trinajstić information content (AvgIpc) is 2.56. The van der Waals surface area contributed by atoms with E-state index in [9.17, 15) is 0 Å². The Morgan fingerprint density at radius 1 is 1.00 bits per heavy atom. The molecule has 4 nitrogen and oxygen atoms in total. The van der Waals surface area contributed by atoms with Crippen molar-refractivity contribution in [3.8, 4) is 11.5 Å². The van der Waals surface area contributed by atoms with Crippen LogP contribution in [0, 0.1) is 0 Å². The summed E-state index contributed by atoms with van der Waals surface area (Å²) >= 11 is 0. The molecule has 0 radical (unpaired) electrons. The summed E-state index contributed by atoms with van der Waals surface area (Å²) in [6, 6.07) is 15.6. The molecule has 0 bridgehead atoms. The van der Waals surface area contributed by atoms with Crippen LogP contribution in [0.2, 0.25) is 0 Å². The molecule has 21 heavy (non-hydrogen) atoms. The molecular formula is C17H21NO3. The third-order valence-electron chi connectivity index (χ3n) is 3.29. The molecule has 1 unspecified atom stereocenters. The summed E-state index contributed by atoms with van der Waals surface area (Å²) in [5.41, 5.74) is 7.85. The third kappa shape index (κ3) is 3.97. The van der Waals surface area contributed by atoms with Crippen LogP contribution in [-0.4, -0.2) is 20.8 Å². The smallest absolute Gasteiger partial charge is 0.124 e. The molecule has 1 atom stereocenters. The molecule has 2 aromatic rings. The van der Waals surface area contributed by atoms with Crippen LogP contribution in [0.25, 0.3) is 0 Å². The Kier molecular flexibility index (Phi) is 5.60. The van der Waals surface area contributed by atoms with Gasteiger partial charge in [0, 0.05) is 12.1 Å². The molecule has 2 N–H and O–H groups in total. The zero-order valence-electron chi connectivity index (χ0n) is 12.4. The van der Waals surface area contributed by atoms with E-state index < -0.39 is 0 Å². The summed E-state index contributed by atoms with van der Waals surface area (Å²) in [6.07, 6.45) is -0.202. The van der Waals surface area contributed by atoms with E-state index in [1.807, 2.05) is 48.5 Å². The fraction of sp³-hybridized carbons (Fsp3) is 0.294. The van der Waals surface area contributed by atoms with Gasteiger partial charge in [-0.3, -0.25) is 0 Å². The van der Waals surface area contributed by atoms with Crippen molar-refractivity contribution < 1.29 is 14.2 Å². The van der Waals surface area contributed by atoms with E-state index in [0.717, 1.165) is 22.6 Å². The van der Waals surface area contributed by atoms with Crippen molar-refractivity contribution in [1.29, 1.82) is 0 Å². The number of rotatable bonds is 7. The molecule has 0 aliphatic heterocycles. The fourth-order valence-electron chi connectivity index (χ4n) is 2.18. The molecule has 2 rings (SSSR count). The number of hydrogen-bond acceptors (Lipinski definition) is 4. The van der Waals surface area contributed by atoms with Crippen LogP contribution in [0.3, 0.4) is 0 Å². The lowest BCUT2D eigenvalue weighted by molar-refractivity contribution is 0.0440. The maximum absolute atomic E-state index is 5.94. The molecule has 4 heteroatoms. The first-order chi connectivity index (χ1) is 10.3. The average molecular weight is 287 g/mol. The Hall–Kier alpha value is -2.04. The van der Waals surface area contributed by atoms with Crippen LogP contribution in [0.1, 0.15) is 17.2 Å². The molecule has 0 aromatic heterocycles. The van der Waals surface area contributed by atoms with E-state index in [0.29, 0.717) is 13.2 Å². The Morgan fingerprint density at radius 2 is 1.81 bits per heavy atom. The fourth-order valence-corrected chi connectivity index (χ4v) is 2.18. The molecule has 2 aromatic carbocycles. The van der Waals surface area contributed by atoms with Gasteiger partial charge >= 0.3 is 0 Å². The highest BCUT2D eigenvalue weighted by atomic mass is 16.5. The largest absolute Gasteiger partial charge is 0.497 e. The van der Waals surface area contributed by atoms with E-state index in [2.05, 4.69) is 0 Å². The van der Waals surface area contributed by atoms with Crippen molar-refractivity contribution in [3.63, 3.8) is 0 Å². The van der Waals surface area contributed by atoms with Crippen molar-refractivity contribution in [3.05, 3.63) is 59.7 Å². The van der Waals surface area contributed by atoms with Crippen LogP contribution >= 0.6 is 0 Å². The van der Waals surface area contributed by atoms with Gasteiger partial charge in [-0.05, 0) is 23.8 Å². The topological polar surface area (TPSA) is 53.7 Å². The second-order valence-corrected chi connectivity index (χ2v) is 4.63. The minimum atomic E-state index is -0.202. The molecule has 0 aliphatic carbocycles. The van der Waals surface area contributed by atoms with E-state index in [1.54, 1.807) is 14.2 Å². The standard InChI is InChI=1S/C17H21NO3/c1-19-14-7-5-6-13(10-14)12-21-17(11-18)15-8-3-4-9-16(15)20-2/h3-10,17H,11-12,18H2,1-2H3. The number of hydrogen-bond donors (Lipinski definition) is 1. The summed E-state index contributed by atoms with van der Waals surface area (Å²) in [4.78, 5) is 0. The quantitative estimate of drug-likeness (QED) is 0.850. The Balaban J connectivity index is 2.08. The summed E-state index contributed by atoms with van der Waals surface area (Å²) in [7, 11) is 3.30. The van der Waals surface area contributed by atoms with Gasteiger partial charge < -0.3 is 19.9 Å². The summed E-state index contributed by atoms with van der Waals surface area (Å²) in [6.45, 7) is 0.863. The molecule has 0 saturated heterocycles. The third-order valence-corrected chi connectivity index (χ3v) is 3.29. The molecule has 0 aliphatic rings. The lowest BCUT2D eigenvalue weighted by Gasteiger charge is -2.19. The van der Waals surface area contributed by atoms with Gasteiger partial charge in [0.2, 0.25) is 0 Å². The van der Waals surface area contributed by atoms with Crippen LogP contribution in [-0.2, 0) is 11.3 Å². The second kappa shape index (κ2) is 7.67. The monoisotopic (exact) mass is 287 g/mol. The normalized spacial score (nSPS) is 12.0. The van der Waals surface area contributed by atoms with Gasteiger partial charge in [0.1, 0.15) is 11.5 Å². The van der Waals surface area contributed by atoms with Crippen molar-refractivity contribution in [2.45, 2.75) is 12.7 Å². The predicted molar refractivity (Wildman–Crippen MR) is 82.6 cm³/mol. The second-order valence-electron chi connectivity index (χ2n) is 4.63. The van der Waals surface area contributed by atoms with Gasteiger partial charge in [-0.25, -0.2) is 0 Å². The van der Waals surface area contributed by atoms with Crippen molar-refractivity contribution in [2.24, 2.45) is 5.73 Å². The number of methoxy groups -OCH3 is 2. The first kappa shape index (κ1) is 15.4. The Bertz CT molecular complexity index is 571. The predicted octanol–water partition coefficient (Wildman–Crippen LogP) is 2.92. The van der Waals surface area contributed by atoms with E-state index in [1.165, 1.54) is 0 Å². The van der Waals surface area contributed by atoms with Crippen LogP contribution in [0.15, 0.2) is 48.5 Å². The maximum Gasteiger partial charge on any atom is 0.124 e. The van der Waals surface area contributed by atoms with Gasteiger partial charge in [0.15, 0.2) is 0 Å². The van der Waals surface area contributed by atoms with Gasteiger partial charge in [0.05, 0.1) is 26.9 Å². The van der Waals surface area contributed by atoms with E-state index >= 15 is 0 Å². The van der Waals surface area contributed by atoms with Crippen LogP contribution in [0.4, 0.5) is 0 Å². The van der Waals surface area contributed by atoms with Crippen molar-refractivity contribution in [2.75, 3.05) is 20.8 Å². The van der Waals surface area contributed by atoms with Crippen LogP contribution in [0.5, 0.6) is 11.5 Å². The van der Waals surface area contributed by atoms with E-state index in [4.69, 9.17) is 19.9 Å². The Morgan fingerprint density at radius 3 is 2.52 bits per heavy atom. The molecular weight excluding hydrogens is 266 g/mol. The number of nitrogens with two attached hydrogens (primary N) is 1. The first-order valence-corrected chi connectivity index (χ1v) is 6.86.